The van der Waals surface area contributed by atoms with Crippen LogP contribution in [-0.2, 0) is 4.79 Å². The maximum Gasteiger partial charge on any atom is 0.303 e. The van der Waals surface area contributed by atoms with Crippen LogP contribution in [0.5, 0.6) is 0 Å². The quantitative estimate of drug-likeness (QED) is 0.279. The first-order valence-corrected chi connectivity index (χ1v) is 8.94. The number of carbonyl (C=O) groups is 1. The summed E-state index contributed by atoms with van der Waals surface area (Å²) in [7, 11) is 0. The predicted octanol–water partition coefficient (Wildman–Crippen LogP) is 6.44. The van der Waals surface area contributed by atoms with Gasteiger partial charge in [0.05, 0.1) is 0 Å². The molecule has 126 valence electrons. The number of carboxylic acids is 1. The topological polar surface area (TPSA) is 37.3 Å². The van der Waals surface area contributed by atoms with Crippen LogP contribution in [0, 0.1) is 0 Å². The molecule has 2 heteroatoms. The second-order valence-electron chi connectivity index (χ2n) is 5.70. The Morgan fingerprint density at radius 2 is 1.09 bits per heavy atom. The Hall–Kier alpha value is -1.31. The van der Waals surface area contributed by atoms with Crippen LogP contribution in [0.15, 0.2) is 36.5 Å². The van der Waals surface area contributed by atoms with Gasteiger partial charge in [-0.2, -0.15) is 0 Å². The lowest BCUT2D eigenvalue weighted by molar-refractivity contribution is -0.136. The molecule has 0 aromatic rings. The van der Waals surface area contributed by atoms with Gasteiger partial charge in [-0.15, -0.1) is 0 Å². The van der Waals surface area contributed by atoms with E-state index < -0.39 is 5.97 Å². The lowest BCUT2D eigenvalue weighted by atomic mass is 10.1. The summed E-state index contributed by atoms with van der Waals surface area (Å²) >= 11 is 0. The molecule has 0 saturated heterocycles. The van der Waals surface area contributed by atoms with E-state index in [0.29, 0.717) is 6.42 Å². The fraction of sp³-hybridized carbons (Fsp3) is 0.650. The summed E-state index contributed by atoms with van der Waals surface area (Å²) in [6.07, 6.45) is 26.3. The molecule has 22 heavy (non-hydrogen) atoms. The van der Waals surface area contributed by atoms with Gasteiger partial charge in [0, 0.05) is 6.42 Å². The van der Waals surface area contributed by atoms with Crippen molar-refractivity contribution in [3.63, 3.8) is 0 Å². The second-order valence-corrected chi connectivity index (χ2v) is 5.70. The number of allylic oxidation sites excluding steroid dienone is 6. The zero-order valence-corrected chi connectivity index (χ0v) is 14.3. The zero-order valence-electron chi connectivity index (χ0n) is 14.3. The Labute approximate surface area is 137 Å². The summed E-state index contributed by atoms with van der Waals surface area (Å²) in [5.74, 6) is -0.719. The Kier molecular flexibility index (Phi) is 16.7. The van der Waals surface area contributed by atoms with E-state index in [1.54, 1.807) is 0 Å². The Bertz CT molecular complexity index is 327. The van der Waals surface area contributed by atoms with Crippen molar-refractivity contribution in [1.82, 2.24) is 0 Å². The first-order chi connectivity index (χ1) is 10.8. The average molecular weight is 306 g/mol. The first kappa shape index (κ1) is 20.7. The monoisotopic (exact) mass is 306 g/mol. The molecule has 0 aromatic carbocycles. The molecule has 0 amide bonds. The van der Waals surface area contributed by atoms with Crippen molar-refractivity contribution >= 4 is 5.97 Å². The van der Waals surface area contributed by atoms with Gasteiger partial charge in [-0.3, -0.25) is 4.79 Å². The van der Waals surface area contributed by atoms with Crippen molar-refractivity contribution in [2.75, 3.05) is 0 Å². The molecular formula is C20H34O2. The highest BCUT2D eigenvalue weighted by atomic mass is 16.4. The fourth-order valence-corrected chi connectivity index (χ4v) is 2.13. The largest absolute Gasteiger partial charge is 0.481 e. The van der Waals surface area contributed by atoms with Crippen LogP contribution in [0.1, 0.15) is 84.0 Å². The number of unbranched alkanes of at least 4 members (excludes halogenated alkanes) is 7. The first-order valence-electron chi connectivity index (χ1n) is 8.94. The molecule has 0 fully saturated rings. The maximum atomic E-state index is 10.3. The molecule has 0 heterocycles. The van der Waals surface area contributed by atoms with Gasteiger partial charge in [0.2, 0.25) is 0 Å². The van der Waals surface area contributed by atoms with Gasteiger partial charge < -0.3 is 5.11 Å². The number of hydrogen-bond acceptors (Lipinski definition) is 1. The number of carboxylic acid groups (broad SMARTS) is 1. The predicted molar refractivity (Wildman–Crippen MR) is 96.1 cm³/mol. The highest BCUT2D eigenvalue weighted by Gasteiger charge is 1.91. The normalized spacial score (nSPS) is 12.0. The third-order valence-electron chi connectivity index (χ3n) is 3.48. The van der Waals surface area contributed by atoms with E-state index in [9.17, 15) is 4.79 Å². The minimum absolute atomic E-state index is 0.240. The van der Waals surface area contributed by atoms with Gasteiger partial charge in [0.25, 0.3) is 0 Å². The van der Waals surface area contributed by atoms with E-state index in [1.165, 1.54) is 44.9 Å². The molecule has 0 aliphatic heterocycles. The smallest absolute Gasteiger partial charge is 0.303 e. The summed E-state index contributed by atoms with van der Waals surface area (Å²) in [4.78, 5) is 10.3. The number of rotatable bonds is 15. The molecule has 0 aliphatic rings. The molecule has 0 spiro atoms. The highest BCUT2D eigenvalue weighted by molar-refractivity contribution is 5.66. The molecule has 0 saturated carbocycles. The van der Waals surface area contributed by atoms with Crippen LogP contribution in [0.2, 0.25) is 0 Å². The molecule has 0 aliphatic carbocycles. The van der Waals surface area contributed by atoms with Crippen LogP contribution in [0.3, 0.4) is 0 Å². The minimum atomic E-state index is -0.719. The van der Waals surface area contributed by atoms with Crippen molar-refractivity contribution in [3.05, 3.63) is 36.5 Å². The standard InChI is InChI=1S/C20H34O2/c1-2-3-4-5-6-7-8-9-10-11-12-13-14-15-16-17-18-19-20(21)22/h6-7,11-12,16-17H,2-5,8-10,13-15,18-19H2,1H3,(H,21,22). The Morgan fingerprint density at radius 1 is 0.682 bits per heavy atom. The van der Waals surface area contributed by atoms with Gasteiger partial charge in [-0.25, -0.2) is 0 Å². The highest BCUT2D eigenvalue weighted by Crippen LogP contribution is 2.04. The molecular weight excluding hydrogens is 272 g/mol. The van der Waals surface area contributed by atoms with E-state index in [4.69, 9.17) is 5.11 Å². The van der Waals surface area contributed by atoms with E-state index in [0.717, 1.165) is 19.3 Å². The van der Waals surface area contributed by atoms with Gasteiger partial charge in [0.15, 0.2) is 0 Å². The summed E-state index contributed by atoms with van der Waals surface area (Å²) in [5.41, 5.74) is 0. The number of aliphatic carboxylic acids is 1. The SMILES string of the molecule is CCCCCC=CCCCC=CCCCC=CCCC(=O)O. The van der Waals surface area contributed by atoms with Crippen LogP contribution in [0.4, 0.5) is 0 Å². The van der Waals surface area contributed by atoms with Gasteiger partial charge >= 0.3 is 5.97 Å². The van der Waals surface area contributed by atoms with E-state index >= 15 is 0 Å². The second kappa shape index (κ2) is 17.7. The van der Waals surface area contributed by atoms with E-state index in [2.05, 4.69) is 37.3 Å². The van der Waals surface area contributed by atoms with E-state index in [-0.39, 0.29) is 6.42 Å². The third kappa shape index (κ3) is 18.7. The maximum absolute atomic E-state index is 10.3. The molecule has 0 unspecified atom stereocenters. The summed E-state index contributed by atoms with van der Waals surface area (Å²) in [6, 6.07) is 0. The van der Waals surface area contributed by atoms with Gasteiger partial charge in [-0.05, 0) is 57.8 Å². The number of hydrogen-bond donors (Lipinski definition) is 1. The van der Waals surface area contributed by atoms with Crippen molar-refractivity contribution in [2.24, 2.45) is 0 Å². The van der Waals surface area contributed by atoms with Gasteiger partial charge in [0.1, 0.15) is 0 Å². The van der Waals surface area contributed by atoms with Crippen molar-refractivity contribution in [3.8, 4) is 0 Å². The molecule has 0 atom stereocenters. The third-order valence-corrected chi connectivity index (χ3v) is 3.48. The molecule has 1 N–H and O–H groups in total. The van der Waals surface area contributed by atoms with Crippen LogP contribution < -0.4 is 0 Å². The van der Waals surface area contributed by atoms with Crippen LogP contribution >= 0.6 is 0 Å². The Morgan fingerprint density at radius 3 is 1.50 bits per heavy atom. The minimum Gasteiger partial charge on any atom is -0.481 e. The lowest BCUT2D eigenvalue weighted by Crippen LogP contribution is -1.91. The average Bonchev–Trinajstić information content (AvgIpc) is 2.50. The van der Waals surface area contributed by atoms with Crippen LogP contribution in [0.25, 0.3) is 0 Å². The molecule has 0 radical (unpaired) electrons. The molecule has 0 bridgehead atoms. The van der Waals surface area contributed by atoms with Crippen molar-refractivity contribution in [2.45, 2.75) is 84.0 Å². The fourth-order valence-electron chi connectivity index (χ4n) is 2.13. The van der Waals surface area contributed by atoms with Gasteiger partial charge in [-0.1, -0.05) is 56.2 Å². The zero-order chi connectivity index (χ0) is 16.3. The van der Waals surface area contributed by atoms with Crippen molar-refractivity contribution < 1.29 is 9.90 Å². The van der Waals surface area contributed by atoms with Crippen LogP contribution in [-0.4, -0.2) is 11.1 Å². The molecule has 0 rings (SSSR count). The van der Waals surface area contributed by atoms with Crippen molar-refractivity contribution in [1.29, 1.82) is 0 Å². The summed E-state index contributed by atoms with van der Waals surface area (Å²) < 4.78 is 0. The lowest BCUT2D eigenvalue weighted by Gasteiger charge is -1.94. The Balaban J connectivity index is 3.25. The molecule has 2 nitrogen and oxygen atoms in total. The molecule has 0 aromatic heterocycles. The summed E-state index contributed by atoms with van der Waals surface area (Å²) in [6.45, 7) is 2.24. The van der Waals surface area contributed by atoms with E-state index in [1.807, 2.05) is 6.08 Å². The summed E-state index contributed by atoms with van der Waals surface area (Å²) in [5, 5.41) is 8.49.